The van der Waals surface area contributed by atoms with Crippen LogP contribution in [0.3, 0.4) is 0 Å². The van der Waals surface area contributed by atoms with Crippen LogP contribution in [-0.4, -0.2) is 55.3 Å². The number of anilines is 1. The van der Waals surface area contributed by atoms with Gasteiger partial charge in [-0.15, -0.1) is 0 Å². The molecule has 5 rings (SSSR count). The normalized spacial score (nSPS) is 19.6. The number of pyridine rings is 1. The number of aliphatic hydroxyl groups is 1. The number of benzene rings is 1. The molecule has 194 valence electrons. The summed E-state index contributed by atoms with van der Waals surface area (Å²) >= 11 is 0. The molecule has 1 atom stereocenters. The number of ether oxygens (including phenoxy) is 4. The highest BCUT2D eigenvalue weighted by atomic mass is 19.4. The molecule has 8 nitrogen and oxygen atoms in total. The van der Waals surface area contributed by atoms with Crippen LogP contribution in [-0.2, 0) is 0 Å². The highest BCUT2D eigenvalue weighted by Gasteiger charge is 2.59. The lowest BCUT2D eigenvalue weighted by Crippen LogP contribution is -2.48. The molecule has 0 radical (unpaired) electrons. The first-order chi connectivity index (χ1) is 17.2. The summed E-state index contributed by atoms with van der Waals surface area (Å²) in [6.45, 7) is -0.487. The Bertz CT molecular complexity index is 1130. The molecule has 1 aromatic carbocycles. The number of hydrogen-bond donors (Lipinski definition) is 1. The van der Waals surface area contributed by atoms with Gasteiger partial charge in [-0.3, -0.25) is 9.69 Å². The summed E-state index contributed by atoms with van der Waals surface area (Å²) in [5.41, 5.74) is -1.19. The molecular formula is C25H27F3N2O6. The Morgan fingerprint density at radius 2 is 2.00 bits per heavy atom. The molecule has 1 amide bonds. The van der Waals surface area contributed by atoms with Crippen molar-refractivity contribution in [3.05, 3.63) is 36.0 Å². The topological polar surface area (TPSA) is 90.4 Å². The second-order valence-electron chi connectivity index (χ2n) is 9.50. The monoisotopic (exact) mass is 508 g/mol. The van der Waals surface area contributed by atoms with Crippen molar-refractivity contribution in [3.8, 4) is 23.1 Å². The van der Waals surface area contributed by atoms with Crippen LogP contribution in [0.5, 0.6) is 23.1 Å². The Balaban J connectivity index is 1.26. The van der Waals surface area contributed by atoms with Crippen LogP contribution in [0.25, 0.3) is 0 Å². The number of amides is 1. The number of aromatic nitrogens is 1. The number of hydrogen-bond acceptors (Lipinski definition) is 7. The van der Waals surface area contributed by atoms with Gasteiger partial charge in [0.05, 0.1) is 18.9 Å². The van der Waals surface area contributed by atoms with E-state index < -0.39 is 24.3 Å². The van der Waals surface area contributed by atoms with Crippen molar-refractivity contribution in [3.63, 3.8) is 0 Å². The molecule has 0 bridgehead atoms. The second-order valence-corrected chi connectivity index (χ2v) is 9.50. The van der Waals surface area contributed by atoms with Gasteiger partial charge < -0.3 is 24.1 Å². The van der Waals surface area contributed by atoms with Crippen LogP contribution in [0.2, 0.25) is 0 Å². The average molecular weight is 508 g/mol. The lowest BCUT2D eigenvalue weighted by Gasteiger charge is -2.42. The van der Waals surface area contributed by atoms with E-state index in [9.17, 15) is 23.1 Å². The molecule has 0 saturated heterocycles. The van der Waals surface area contributed by atoms with Gasteiger partial charge in [-0.1, -0.05) is 6.42 Å². The molecule has 2 aromatic rings. The van der Waals surface area contributed by atoms with Gasteiger partial charge in [0.15, 0.2) is 18.2 Å². The molecule has 0 spiro atoms. The third kappa shape index (κ3) is 4.63. The van der Waals surface area contributed by atoms with Gasteiger partial charge in [-0.25, -0.2) is 4.98 Å². The lowest BCUT2D eigenvalue weighted by molar-refractivity contribution is -0.259. The maximum atomic E-state index is 13.4. The Morgan fingerprint density at radius 1 is 1.22 bits per heavy atom. The van der Waals surface area contributed by atoms with Crippen LogP contribution in [0.15, 0.2) is 30.5 Å². The Hall–Kier alpha value is -3.21. The number of halogens is 3. The van der Waals surface area contributed by atoms with Gasteiger partial charge >= 0.3 is 6.18 Å². The third-order valence-corrected chi connectivity index (χ3v) is 7.11. The van der Waals surface area contributed by atoms with E-state index in [4.69, 9.17) is 18.9 Å². The quantitative estimate of drug-likeness (QED) is 0.539. The maximum Gasteiger partial charge on any atom is 0.397 e. The van der Waals surface area contributed by atoms with Crippen molar-refractivity contribution < 1.29 is 42.0 Å². The smallest absolute Gasteiger partial charge is 0.397 e. The predicted octanol–water partition coefficient (Wildman–Crippen LogP) is 4.35. The number of methoxy groups -OCH3 is 1. The van der Waals surface area contributed by atoms with E-state index in [1.165, 1.54) is 24.3 Å². The van der Waals surface area contributed by atoms with Crippen molar-refractivity contribution in [2.75, 3.05) is 32.0 Å². The van der Waals surface area contributed by atoms with Crippen LogP contribution in [0, 0.1) is 11.3 Å². The fourth-order valence-corrected chi connectivity index (χ4v) is 4.37. The van der Waals surface area contributed by atoms with Gasteiger partial charge in [0.2, 0.25) is 5.88 Å². The Kier molecular flexibility index (Phi) is 6.36. The fraction of sp³-hybridized carbons (Fsp3) is 0.520. The minimum Gasteiger partial charge on any atom is -0.493 e. The molecule has 2 saturated carbocycles. The zero-order chi connectivity index (χ0) is 25.5. The van der Waals surface area contributed by atoms with Crippen molar-refractivity contribution in [2.24, 2.45) is 11.3 Å². The Labute approximate surface area is 205 Å². The SMILES string of the molecule is COc1cc(N2COc3cc(OCC4(C(F)(F)F)CCC4)ncc3C2=O)ccc1OC[C@H](O)C1CC1. The van der Waals surface area contributed by atoms with E-state index in [2.05, 4.69) is 4.98 Å². The number of fused-ring (bicyclic) bond motifs is 1. The molecular weight excluding hydrogens is 481 g/mol. The van der Waals surface area contributed by atoms with Crippen LogP contribution in [0.4, 0.5) is 18.9 Å². The van der Waals surface area contributed by atoms with Crippen LogP contribution < -0.4 is 23.8 Å². The Morgan fingerprint density at radius 3 is 2.64 bits per heavy atom. The van der Waals surface area contributed by atoms with Crippen molar-refractivity contribution >= 4 is 11.6 Å². The lowest BCUT2D eigenvalue weighted by atomic mass is 9.69. The zero-order valence-electron chi connectivity index (χ0n) is 19.7. The van der Waals surface area contributed by atoms with E-state index in [-0.39, 0.29) is 55.2 Å². The highest BCUT2D eigenvalue weighted by molar-refractivity contribution is 6.08. The summed E-state index contributed by atoms with van der Waals surface area (Å²) < 4.78 is 62.3. The maximum absolute atomic E-state index is 13.4. The predicted molar refractivity (Wildman–Crippen MR) is 122 cm³/mol. The summed E-state index contributed by atoms with van der Waals surface area (Å²) in [6.07, 6.45) is -1.07. The first-order valence-corrected chi connectivity index (χ1v) is 11.8. The largest absolute Gasteiger partial charge is 0.493 e. The van der Waals surface area contributed by atoms with Crippen molar-refractivity contribution in [2.45, 2.75) is 44.4 Å². The number of aliphatic hydroxyl groups excluding tert-OH is 1. The molecule has 2 heterocycles. The van der Waals surface area contributed by atoms with E-state index >= 15 is 0 Å². The van der Waals surface area contributed by atoms with Crippen LogP contribution in [0.1, 0.15) is 42.5 Å². The molecule has 1 N–H and O–H groups in total. The average Bonchev–Trinajstić information content (AvgIpc) is 3.67. The molecule has 1 aliphatic heterocycles. The number of alkyl halides is 3. The number of rotatable bonds is 9. The molecule has 3 aliphatic rings. The fourth-order valence-electron chi connectivity index (χ4n) is 4.37. The summed E-state index contributed by atoms with van der Waals surface area (Å²) in [7, 11) is 1.48. The number of carbonyl (C=O) groups is 1. The molecule has 11 heteroatoms. The van der Waals surface area contributed by atoms with E-state index in [0.717, 1.165) is 12.8 Å². The first-order valence-electron chi connectivity index (χ1n) is 11.8. The summed E-state index contributed by atoms with van der Waals surface area (Å²) in [6, 6.07) is 6.30. The van der Waals surface area contributed by atoms with Crippen molar-refractivity contribution in [1.82, 2.24) is 4.98 Å². The molecule has 1 aromatic heterocycles. The van der Waals surface area contributed by atoms with Crippen molar-refractivity contribution in [1.29, 1.82) is 0 Å². The van der Waals surface area contributed by atoms with E-state index in [0.29, 0.717) is 23.6 Å². The first kappa shape index (κ1) is 24.5. The third-order valence-electron chi connectivity index (χ3n) is 7.11. The summed E-state index contributed by atoms with van der Waals surface area (Å²) in [5.74, 6) is 0.894. The van der Waals surface area contributed by atoms with E-state index in [1.807, 2.05) is 0 Å². The molecule has 2 aliphatic carbocycles. The zero-order valence-corrected chi connectivity index (χ0v) is 19.7. The van der Waals surface area contributed by atoms with Gasteiger partial charge in [-0.05, 0) is 43.7 Å². The van der Waals surface area contributed by atoms with E-state index in [1.54, 1.807) is 18.2 Å². The minimum absolute atomic E-state index is 0.0259. The number of nitrogens with zero attached hydrogens (tertiary/aromatic N) is 2. The van der Waals surface area contributed by atoms with Gasteiger partial charge in [0.25, 0.3) is 5.91 Å². The standard InChI is InChI=1S/C25H27F3N2O6/c1-33-21-9-16(5-6-19(21)34-12-18(31)15-3-4-15)30-14-36-20-10-22(29-11-17(20)23(30)32)35-13-24(7-2-8-24)25(26,27)28/h5-6,9-11,15,18,31H,2-4,7-8,12-14H2,1H3/t18-/m0/s1. The molecule has 36 heavy (non-hydrogen) atoms. The number of carbonyl (C=O) groups excluding carboxylic acids is 1. The van der Waals surface area contributed by atoms with Crippen LogP contribution >= 0.6 is 0 Å². The minimum atomic E-state index is -4.34. The molecule has 2 fully saturated rings. The van der Waals surface area contributed by atoms with Gasteiger partial charge in [0.1, 0.15) is 29.9 Å². The summed E-state index contributed by atoms with van der Waals surface area (Å²) in [4.78, 5) is 18.5. The summed E-state index contributed by atoms with van der Waals surface area (Å²) in [5, 5.41) is 10.0. The highest BCUT2D eigenvalue weighted by Crippen LogP contribution is 2.53. The van der Waals surface area contributed by atoms with Gasteiger partial charge in [0, 0.05) is 18.3 Å². The molecule has 0 unspecified atom stereocenters. The van der Waals surface area contributed by atoms with Gasteiger partial charge in [-0.2, -0.15) is 13.2 Å². The second kappa shape index (κ2) is 9.34.